The maximum Gasteiger partial charge on any atom is 0.119 e. The molecule has 2 aromatic carbocycles. The Hall–Kier alpha value is -2.06. The van der Waals surface area contributed by atoms with Crippen LogP contribution in [-0.2, 0) is 18.0 Å². The molecule has 0 unspecified atom stereocenters. The fraction of sp³-hybridized carbons (Fsp3) is 0.222. The maximum absolute atomic E-state index is 5.76. The highest BCUT2D eigenvalue weighted by molar-refractivity contribution is 5.47. The van der Waals surface area contributed by atoms with Gasteiger partial charge in [-0.3, -0.25) is 0 Å². The molecule has 104 valence electrons. The van der Waals surface area contributed by atoms with Gasteiger partial charge in [0.2, 0.25) is 0 Å². The molecule has 0 saturated carbocycles. The normalized spacial score (nSPS) is 10.2. The van der Waals surface area contributed by atoms with E-state index in [9.17, 15) is 0 Å². The van der Waals surface area contributed by atoms with Gasteiger partial charge in [0.05, 0.1) is 6.61 Å². The van der Waals surface area contributed by atoms with Gasteiger partial charge in [-0.2, -0.15) is 0 Å². The molecule has 0 spiro atoms. The Morgan fingerprint density at radius 3 is 2.10 bits per heavy atom. The van der Waals surface area contributed by atoms with Crippen molar-refractivity contribution in [1.29, 1.82) is 0 Å². The van der Waals surface area contributed by atoms with Crippen molar-refractivity contribution < 1.29 is 9.47 Å². The largest absolute Gasteiger partial charge is 0.489 e. The van der Waals surface area contributed by atoms with Crippen molar-refractivity contribution in [3.05, 3.63) is 71.8 Å². The van der Waals surface area contributed by atoms with E-state index in [0.29, 0.717) is 13.2 Å². The molecule has 0 aliphatic carbocycles. The third-order valence-corrected chi connectivity index (χ3v) is 3.02. The summed E-state index contributed by atoms with van der Waals surface area (Å²) in [6.07, 6.45) is 1.84. The molecule has 0 N–H and O–H groups in total. The number of benzene rings is 2. The fourth-order valence-corrected chi connectivity index (χ4v) is 1.82. The number of hydrogen-bond donors (Lipinski definition) is 0. The summed E-state index contributed by atoms with van der Waals surface area (Å²) in [4.78, 5) is 0. The predicted octanol–water partition coefficient (Wildman–Crippen LogP) is 4.45. The number of rotatable bonds is 7. The van der Waals surface area contributed by atoms with Gasteiger partial charge in [-0.15, -0.1) is 0 Å². The summed E-state index contributed by atoms with van der Waals surface area (Å²) >= 11 is 0. The van der Waals surface area contributed by atoms with Gasteiger partial charge in [-0.25, -0.2) is 0 Å². The molecule has 2 heteroatoms. The zero-order valence-electron chi connectivity index (χ0n) is 11.8. The van der Waals surface area contributed by atoms with Crippen LogP contribution in [0.5, 0.6) is 5.75 Å². The van der Waals surface area contributed by atoms with Crippen molar-refractivity contribution in [1.82, 2.24) is 0 Å². The van der Waals surface area contributed by atoms with Crippen molar-refractivity contribution in [2.75, 3.05) is 6.61 Å². The van der Waals surface area contributed by atoms with E-state index in [1.54, 1.807) is 0 Å². The van der Waals surface area contributed by atoms with Crippen molar-refractivity contribution in [2.24, 2.45) is 0 Å². The first kappa shape index (κ1) is 14.4. The molecule has 20 heavy (non-hydrogen) atoms. The van der Waals surface area contributed by atoms with E-state index in [0.717, 1.165) is 29.0 Å². The molecule has 2 rings (SSSR count). The molecule has 0 aromatic heterocycles. The van der Waals surface area contributed by atoms with Crippen LogP contribution in [0.25, 0.3) is 6.08 Å². The van der Waals surface area contributed by atoms with Crippen LogP contribution in [0.15, 0.2) is 55.1 Å². The zero-order chi connectivity index (χ0) is 14.2. The van der Waals surface area contributed by atoms with Crippen LogP contribution >= 0.6 is 0 Å². The van der Waals surface area contributed by atoms with Crippen molar-refractivity contribution in [3.8, 4) is 5.75 Å². The predicted molar refractivity (Wildman–Crippen MR) is 82.6 cm³/mol. The van der Waals surface area contributed by atoms with Gasteiger partial charge in [-0.05, 0) is 35.7 Å². The lowest BCUT2D eigenvalue weighted by Crippen LogP contribution is -1.96. The SMILES string of the molecule is C=Cc1ccc(COc2ccc(COCC)cc2)cc1. The van der Waals surface area contributed by atoms with E-state index in [4.69, 9.17) is 9.47 Å². The van der Waals surface area contributed by atoms with Crippen LogP contribution in [0, 0.1) is 0 Å². The number of hydrogen-bond acceptors (Lipinski definition) is 2. The summed E-state index contributed by atoms with van der Waals surface area (Å²) < 4.78 is 11.1. The van der Waals surface area contributed by atoms with Crippen molar-refractivity contribution >= 4 is 6.08 Å². The Morgan fingerprint density at radius 2 is 1.50 bits per heavy atom. The van der Waals surface area contributed by atoms with E-state index >= 15 is 0 Å². The Labute approximate surface area is 120 Å². The van der Waals surface area contributed by atoms with Crippen LogP contribution < -0.4 is 4.74 Å². The number of ether oxygens (including phenoxy) is 2. The molecule has 0 atom stereocenters. The molecule has 2 nitrogen and oxygen atoms in total. The molecule has 0 saturated heterocycles. The average Bonchev–Trinajstić information content (AvgIpc) is 2.52. The Bertz CT molecular complexity index is 526. The highest BCUT2D eigenvalue weighted by Gasteiger charge is 1.97. The Morgan fingerprint density at radius 1 is 0.900 bits per heavy atom. The average molecular weight is 268 g/mol. The fourth-order valence-electron chi connectivity index (χ4n) is 1.82. The Balaban J connectivity index is 1.88. The molecule has 0 bridgehead atoms. The van der Waals surface area contributed by atoms with Crippen LogP contribution in [0.1, 0.15) is 23.6 Å². The highest BCUT2D eigenvalue weighted by atomic mass is 16.5. The van der Waals surface area contributed by atoms with E-state index < -0.39 is 0 Å². The quantitative estimate of drug-likeness (QED) is 0.739. The lowest BCUT2D eigenvalue weighted by molar-refractivity contribution is 0.134. The van der Waals surface area contributed by atoms with E-state index in [-0.39, 0.29) is 0 Å². The minimum absolute atomic E-state index is 0.572. The molecule has 0 radical (unpaired) electrons. The third kappa shape index (κ3) is 4.25. The van der Waals surface area contributed by atoms with E-state index in [1.807, 2.05) is 49.4 Å². The van der Waals surface area contributed by atoms with Crippen LogP contribution in [0.4, 0.5) is 0 Å². The molecule has 0 aliphatic heterocycles. The summed E-state index contributed by atoms with van der Waals surface area (Å²) in [7, 11) is 0. The third-order valence-electron chi connectivity index (χ3n) is 3.02. The summed E-state index contributed by atoms with van der Waals surface area (Å²) in [5.74, 6) is 0.873. The topological polar surface area (TPSA) is 18.5 Å². The Kier molecular flexibility index (Phi) is 5.39. The lowest BCUT2D eigenvalue weighted by Gasteiger charge is -2.08. The van der Waals surface area contributed by atoms with Gasteiger partial charge in [0.15, 0.2) is 0 Å². The highest BCUT2D eigenvalue weighted by Crippen LogP contribution is 2.15. The van der Waals surface area contributed by atoms with Gasteiger partial charge in [0, 0.05) is 6.61 Å². The first-order valence-electron chi connectivity index (χ1n) is 6.82. The smallest absolute Gasteiger partial charge is 0.119 e. The summed E-state index contributed by atoms with van der Waals surface area (Å²) in [5, 5.41) is 0. The van der Waals surface area contributed by atoms with Gasteiger partial charge in [-0.1, -0.05) is 49.1 Å². The zero-order valence-corrected chi connectivity index (χ0v) is 11.8. The van der Waals surface area contributed by atoms with E-state index in [2.05, 4.69) is 18.7 Å². The van der Waals surface area contributed by atoms with Crippen molar-refractivity contribution in [2.45, 2.75) is 20.1 Å². The molecule has 2 aromatic rings. The summed E-state index contributed by atoms with van der Waals surface area (Å²) in [6.45, 7) is 7.70. The monoisotopic (exact) mass is 268 g/mol. The summed E-state index contributed by atoms with van der Waals surface area (Å²) in [6, 6.07) is 16.2. The second-order valence-corrected chi connectivity index (χ2v) is 4.52. The van der Waals surface area contributed by atoms with Crippen LogP contribution in [0.2, 0.25) is 0 Å². The standard InChI is InChI=1S/C18H20O2/c1-3-15-5-7-17(8-6-15)14-20-18-11-9-16(10-12-18)13-19-4-2/h3,5-12H,1,4,13-14H2,2H3. The van der Waals surface area contributed by atoms with Crippen LogP contribution in [0.3, 0.4) is 0 Å². The van der Waals surface area contributed by atoms with Crippen molar-refractivity contribution in [3.63, 3.8) is 0 Å². The molecule has 0 heterocycles. The van der Waals surface area contributed by atoms with Gasteiger partial charge < -0.3 is 9.47 Å². The first-order valence-corrected chi connectivity index (χ1v) is 6.82. The lowest BCUT2D eigenvalue weighted by atomic mass is 10.1. The molecule has 0 fully saturated rings. The van der Waals surface area contributed by atoms with Gasteiger partial charge in [0.1, 0.15) is 12.4 Å². The summed E-state index contributed by atoms with van der Waals surface area (Å²) in [5.41, 5.74) is 3.43. The van der Waals surface area contributed by atoms with E-state index in [1.165, 1.54) is 0 Å². The van der Waals surface area contributed by atoms with Gasteiger partial charge >= 0.3 is 0 Å². The van der Waals surface area contributed by atoms with Gasteiger partial charge in [0.25, 0.3) is 0 Å². The maximum atomic E-state index is 5.76. The molecular weight excluding hydrogens is 248 g/mol. The molecule has 0 aliphatic rings. The van der Waals surface area contributed by atoms with Crippen LogP contribution in [-0.4, -0.2) is 6.61 Å². The molecular formula is C18H20O2. The first-order chi connectivity index (χ1) is 9.81. The minimum Gasteiger partial charge on any atom is -0.489 e. The second-order valence-electron chi connectivity index (χ2n) is 4.52. The minimum atomic E-state index is 0.572. The molecule has 0 amide bonds. The second kappa shape index (κ2) is 7.51.